The lowest BCUT2D eigenvalue weighted by Crippen LogP contribution is -2.34. The Balaban J connectivity index is 1.46. The van der Waals surface area contributed by atoms with Crippen LogP contribution in [0.5, 0.6) is 0 Å². The summed E-state index contributed by atoms with van der Waals surface area (Å²) in [5, 5.41) is 13.0. The number of anilines is 1. The first-order chi connectivity index (χ1) is 14.6. The zero-order valence-corrected chi connectivity index (χ0v) is 17.3. The van der Waals surface area contributed by atoms with E-state index in [1.54, 1.807) is 0 Å². The highest BCUT2D eigenvalue weighted by molar-refractivity contribution is 6.07. The first kappa shape index (κ1) is 18.8. The van der Waals surface area contributed by atoms with Crippen LogP contribution in [0.15, 0.2) is 60.8 Å². The molecule has 152 valence electrons. The molecule has 3 aromatic rings. The number of rotatable bonds is 2. The van der Waals surface area contributed by atoms with Gasteiger partial charge in [-0.05, 0) is 81.0 Å². The Labute approximate surface area is 176 Å². The Morgan fingerprint density at radius 3 is 2.57 bits per heavy atom. The van der Waals surface area contributed by atoms with E-state index >= 15 is 0 Å². The molecule has 5 nitrogen and oxygen atoms in total. The van der Waals surface area contributed by atoms with E-state index in [4.69, 9.17) is 5.41 Å². The monoisotopic (exact) mass is 398 g/mol. The molecular weight excluding hydrogens is 372 g/mol. The molecule has 2 heterocycles. The van der Waals surface area contributed by atoms with Crippen molar-refractivity contribution in [2.75, 3.05) is 11.4 Å². The zero-order valence-electron chi connectivity index (χ0n) is 17.3. The topological polar surface area (TPSA) is 62.0 Å². The number of fused-ring (bicyclic) bond motifs is 1. The number of carbonyl (C=O) groups is 1. The molecule has 2 aromatic carbocycles. The molecule has 1 spiro atoms. The van der Waals surface area contributed by atoms with E-state index < -0.39 is 0 Å². The number of aryl methyl sites for hydroxylation is 1. The lowest BCUT2D eigenvalue weighted by Gasteiger charge is -2.28. The molecule has 0 saturated heterocycles. The number of carbonyl (C=O) groups excluding carboxylic acids is 1. The van der Waals surface area contributed by atoms with Crippen LogP contribution in [0.1, 0.15) is 47.3 Å². The third kappa shape index (κ3) is 3.15. The van der Waals surface area contributed by atoms with Crippen molar-refractivity contribution in [2.45, 2.75) is 39.0 Å². The van der Waals surface area contributed by atoms with Gasteiger partial charge in [-0.15, -0.1) is 0 Å². The third-order valence-corrected chi connectivity index (χ3v) is 6.69. The first-order valence-corrected chi connectivity index (χ1v) is 10.7. The second-order valence-corrected chi connectivity index (χ2v) is 8.57. The molecule has 1 aliphatic carbocycles. The SMILES string of the molecule is Cc1ccn(-c2ccc(C(=O)N3CCC4(CCCC4=N)Cc4ccccc43)cc2)n1. The van der Waals surface area contributed by atoms with Crippen molar-refractivity contribution < 1.29 is 4.79 Å². The van der Waals surface area contributed by atoms with Crippen LogP contribution >= 0.6 is 0 Å². The summed E-state index contributed by atoms with van der Waals surface area (Å²) < 4.78 is 1.82. The van der Waals surface area contributed by atoms with Gasteiger partial charge in [0.25, 0.3) is 5.91 Å². The maximum Gasteiger partial charge on any atom is 0.258 e. The van der Waals surface area contributed by atoms with Crippen molar-refractivity contribution in [1.29, 1.82) is 5.41 Å². The fourth-order valence-electron chi connectivity index (χ4n) is 5.00. The molecule has 1 fully saturated rings. The Morgan fingerprint density at radius 1 is 1.07 bits per heavy atom. The van der Waals surface area contributed by atoms with E-state index in [0.717, 1.165) is 54.9 Å². The highest BCUT2D eigenvalue weighted by atomic mass is 16.2. The average molecular weight is 399 g/mol. The van der Waals surface area contributed by atoms with E-state index in [9.17, 15) is 4.79 Å². The molecule has 1 amide bonds. The Kier molecular flexibility index (Phi) is 4.54. The molecule has 1 atom stereocenters. The van der Waals surface area contributed by atoms with Crippen LogP contribution in [-0.4, -0.2) is 27.9 Å². The van der Waals surface area contributed by atoms with Crippen LogP contribution in [0.4, 0.5) is 5.69 Å². The number of para-hydroxylation sites is 1. The van der Waals surface area contributed by atoms with E-state index in [1.807, 2.05) is 71.2 Å². The van der Waals surface area contributed by atoms with Crippen LogP contribution in [0.25, 0.3) is 5.69 Å². The van der Waals surface area contributed by atoms with Gasteiger partial charge in [0.05, 0.1) is 11.4 Å². The fourth-order valence-corrected chi connectivity index (χ4v) is 5.00. The number of nitrogens with zero attached hydrogens (tertiary/aromatic N) is 3. The van der Waals surface area contributed by atoms with E-state index in [2.05, 4.69) is 11.2 Å². The number of amides is 1. The molecule has 1 N–H and O–H groups in total. The fraction of sp³-hybridized carbons (Fsp3) is 0.320. The number of benzene rings is 2. The predicted molar refractivity (Wildman–Crippen MR) is 119 cm³/mol. The quantitative estimate of drug-likeness (QED) is 0.663. The highest BCUT2D eigenvalue weighted by Gasteiger charge is 2.42. The van der Waals surface area contributed by atoms with Crippen molar-refractivity contribution in [3.63, 3.8) is 0 Å². The van der Waals surface area contributed by atoms with Crippen molar-refractivity contribution in [3.05, 3.63) is 77.6 Å². The number of nitrogens with one attached hydrogen (secondary N) is 1. The Hall–Kier alpha value is -3.21. The molecule has 1 saturated carbocycles. The third-order valence-electron chi connectivity index (χ3n) is 6.69. The molecule has 30 heavy (non-hydrogen) atoms. The summed E-state index contributed by atoms with van der Waals surface area (Å²) in [4.78, 5) is 15.4. The molecule has 1 aliphatic heterocycles. The van der Waals surface area contributed by atoms with Gasteiger partial charge in [-0.25, -0.2) is 4.68 Å². The minimum atomic E-state index is -0.0764. The minimum Gasteiger partial charge on any atom is -0.309 e. The second-order valence-electron chi connectivity index (χ2n) is 8.57. The normalized spacial score (nSPS) is 21.0. The molecule has 5 heteroatoms. The molecule has 0 radical (unpaired) electrons. The van der Waals surface area contributed by atoms with Gasteiger partial charge in [0.1, 0.15) is 0 Å². The highest BCUT2D eigenvalue weighted by Crippen LogP contribution is 2.45. The predicted octanol–water partition coefficient (Wildman–Crippen LogP) is 4.96. The number of hydrogen-bond acceptors (Lipinski definition) is 3. The summed E-state index contributed by atoms with van der Waals surface area (Å²) in [6.07, 6.45) is 6.68. The minimum absolute atomic E-state index is 0.0206. The molecule has 2 aliphatic rings. The van der Waals surface area contributed by atoms with Crippen LogP contribution in [-0.2, 0) is 6.42 Å². The maximum absolute atomic E-state index is 13.5. The summed E-state index contributed by atoms with van der Waals surface area (Å²) in [5.41, 5.74) is 5.54. The van der Waals surface area contributed by atoms with Crippen molar-refractivity contribution >= 4 is 17.3 Å². The van der Waals surface area contributed by atoms with Gasteiger partial charge in [-0.2, -0.15) is 5.10 Å². The van der Waals surface area contributed by atoms with Gasteiger partial charge in [-0.3, -0.25) is 4.79 Å². The lowest BCUT2D eigenvalue weighted by atomic mass is 9.76. The Morgan fingerprint density at radius 2 is 1.87 bits per heavy atom. The average Bonchev–Trinajstić information content (AvgIpc) is 3.30. The summed E-state index contributed by atoms with van der Waals surface area (Å²) >= 11 is 0. The zero-order chi connectivity index (χ0) is 20.7. The molecule has 0 bridgehead atoms. The van der Waals surface area contributed by atoms with Gasteiger partial charge in [0.2, 0.25) is 0 Å². The molecule has 5 rings (SSSR count). The van der Waals surface area contributed by atoms with Crippen LogP contribution in [0.3, 0.4) is 0 Å². The number of aromatic nitrogens is 2. The van der Waals surface area contributed by atoms with Crippen molar-refractivity contribution in [1.82, 2.24) is 9.78 Å². The standard InChI is InChI=1S/C25H26N4O/c1-18-12-15-29(27-18)21-10-8-19(9-11-21)24(30)28-16-14-25(13-4-7-23(25)26)17-20-5-2-3-6-22(20)28/h2-3,5-6,8-12,15,26H,4,7,13-14,16-17H2,1H3. The first-order valence-electron chi connectivity index (χ1n) is 10.7. The van der Waals surface area contributed by atoms with Gasteiger partial charge in [0.15, 0.2) is 0 Å². The summed E-state index contributed by atoms with van der Waals surface area (Å²) in [5.74, 6) is 0.0206. The van der Waals surface area contributed by atoms with Gasteiger partial charge in [-0.1, -0.05) is 18.2 Å². The molecule has 1 unspecified atom stereocenters. The summed E-state index contributed by atoms with van der Waals surface area (Å²) in [6.45, 7) is 2.61. The van der Waals surface area contributed by atoms with Gasteiger partial charge in [0, 0.05) is 35.1 Å². The van der Waals surface area contributed by atoms with E-state index in [1.165, 1.54) is 5.56 Å². The maximum atomic E-state index is 13.5. The molecule has 1 aromatic heterocycles. The smallest absolute Gasteiger partial charge is 0.258 e. The van der Waals surface area contributed by atoms with Crippen LogP contribution in [0, 0.1) is 17.7 Å². The van der Waals surface area contributed by atoms with Gasteiger partial charge < -0.3 is 10.3 Å². The molecular formula is C25H26N4O. The largest absolute Gasteiger partial charge is 0.309 e. The van der Waals surface area contributed by atoms with E-state index in [-0.39, 0.29) is 11.3 Å². The van der Waals surface area contributed by atoms with Crippen LogP contribution < -0.4 is 4.90 Å². The Bertz CT molecular complexity index is 1110. The van der Waals surface area contributed by atoms with Crippen molar-refractivity contribution in [3.8, 4) is 5.69 Å². The second kappa shape index (κ2) is 7.24. The summed E-state index contributed by atoms with van der Waals surface area (Å²) in [6, 6.07) is 17.8. The van der Waals surface area contributed by atoms with E-state index in [0.29, 0.717) is 12.1 Å². The lowest BCUT2D eigenvalue weighted by molar-refractivity contribution is 0.0985. The van der Waals surface area contributed by atoms with Crippen LogP contribution in [0.2, 0.25) is 0 Å². The van der Waals surface area contributed by atoms with Gasteiger partial charge >= 0.3 is 0 Å². The van der Waals surface area contributed by atoms with Crippen molar-refractivity contribution in [2.24, 2.45) is 5.41 Å². The summed E-state index contributed by atoms with van der Waals surface area (Å²) in [7, 11) is 0. The number of hydrogen-bond donors (Lipinski definition) is 1.